The highest BCUT2D eigenvalue weighted by Gasteiger charge is 2.18. The van der Waals surface area contributed by atoms with E-state index in [0.29, 0.717) is 5.56 Å². The molecule has 0 amide bonds. The first kappa shape index (κ1) is 13.7. The molecule has 8 heteroatoms. The summed E-state index contributed by atoms with van der Waals surface area (Å²) in [5.41, 5.74) is 0.765. The lowest BCUT2D eigenvalue weighted by atomic mass is 10.3. The molecule has 0 radical (unpaired) electrons. The van der Waals surface area contributed by atoms with Crippen LogP contribution < -0.4 is 4.72 Å². The molecule has 0 aliphatic rings. The molecule has 0 atom stereocenters. The van der Waals surface area contributed by atoms with Crippen molar-refractivity contribution in [3.8, 4) is 0 Å². The Labute approximate surface area is 114 Å². The summed E-state index contributed by atoms with van der Waals surface area (Å²) in [6.07, 6.45) is 3.42. The van der Waals surface area contributed by atoms with Gasteiger partial charge in [0, 0.05) is 12.4 Å². The van der Waals surface area contributed by atoms with Gasteiger partial charge < -0.3 is 0 Å². The fourth-order valence-electron chi connectivity index (χ4n) is 1.38. The van der Waals surface area contributed by atoms with Crippen LogP contribution in [0.5, 0.6) is 0 Å². The van der Waals surface area contributed by atoms with Gasteiger partial charge in [0.15, 0.2) is 5.15 Å². The molecule has 0 bridgehead atoms. The summed E-state index contributed by atoms with van der Waals surface area (Å²) in [7, 11) is -3.96. The highest BCUT2D eigenvalue weighted by molar-refractivity contribution is 7.92. The van der Waals surface area contributed by atoms with Gasteiger partial charge in [0.05, 0.1) is 11.9 Å². The Morgan fingerprint density at radius 2 is 2.11 bits per heavy atom. The molecule has 2 aromatic rings. The maximum absolute atomic E-state index is 13.0. The molecule has 0 aliphatic carbocycles. The summed E-state index contributed by atoms with van der Waals surface area (Å²) >= 11 is 5.83. The first-order chi connectivity index (χ1) is 8.90. The zero-order valence-corrected chi connectivity index (χ0v) is 11.3. The number of anilines is 1. The first-order valence-electron chi connectivity index (χ1n) is 5.14. The van der Waals surface area contributed by atoms with Crippen LogP contribution in [0.3, 0.4) is 0 Å². The molecule has 19 heavy (non-hydrogen) atoms. The van der Waals surface area contributed by atoms with Crippen LogP contribution in [0.2, 0.25) is 5.15 Å². The Morgan fingerprint density at radius 1 is 1.37 bits per heavy atom. The third-order valence-electron chi connectivity index (χ3n) is 2.34. The quantitative estimate of drug-likeness (QED) is 0.884. The monoisotopic (exact) mass is 301 g/mol. The Kier molecular flexibility index (Phi) is 3.68. The van der Waals surface area contributed by atoms with E-state index in [4.69, 9.17) is 11.6 Å². The van der Waals surface area contributed by atoms with Gasteiger partial charge in [-0.1, -0.05) is 11.6 Å². The molecule has 0 aliphatic heterocycles. The second kappa shape index (κ2) is 5.10. The molecule has 0 aromatic carbocycles. The van der Waals surface area contributed by atoms with Gasteiger partial charge in [0.1, 0.15) is 10.7 Å². The van der Waals surface area contributed by atoms with E-state index in [0.717, 1.165) is 18.5 Å². The van der Waals surface area contributed by atoms with Crippen molar-refractivity contribution >= 4 is 27.3 Å². The number of nitrogens with zero attached hydrogens (tertiary/aromatic N) is 2. The lowest BCUT2D eigenvalue weighted by Gasteiger charge is -2.11. The van der Waals surface area contributed by atoms with Crippen molar-refractivity contribution in [1.29, 1.82) is 0 Å². The molecule has 2 heterocycles. The van der Waals surface area contributed by atoms with Crippen LogP contribution in [0.25, 0.3) is 0 Å². The van der Waals surface area contributed by atoms with Gasteiger partial charge in [0.25, 0.3) is 10.0 Å². The zero-order valence-electron chi connectivity index (χ0n) is 9.76. The third-order valence-corrected chi connectivity index (χ3v) is 3.94. The maximum atomic E-state index is 13.0. The molecule has 2 rings (SSSR count). The van der Waals surface area contributed by atoms with Crippen molar-refractivity contribution < 1.29 is 12.8 Å². The predicted molar refractivity (Wildman–Crippen MR) is 69.0 cm³/mol. The van der Waals surface area contributed by atoms with Gasteiger partial charge in [-0.3, -0.25) is 9.71 Å². The predicted octanol–water partition coefficient (Wildman–Crippen LogP) is 2.38. The number of hydrogen-bond acceptors (Lipinski definition) is 4. The fourth-order valence-corrected chi connectivity index (χ4v) is 2.80. The average Bonchev–Trinajstić information content (AvgIpc) is 2.34. The van der Waals surface area contributed by atoms with Crippen molar-refractivity contribution in [2.45, 2.75) is 11.8 Å². The molecule has 0 saturated carbocycles. The Hall–Kier alpha value is -1.73. The normalized spacial score (nSPS) is 11.3. The van der Waals surface area contributed by atoms with E-state index in [2.05, 4.69) is 14.7 Å². The lowest BCUT2D eigenvalue weighted by Crippen LogP contribution is -2.15. The van der Waals surface area contributed by atoms with Crippen molar-refractivity contribution in [3.63, 3.8) is 0 Å². The van der Waals surface area contributed by atoms with Crippen LogP contribution in [-0.4, -0.2) is 18.4 Å². The number of halogens is 2. The van der Waals surface area contributed by atoms with Crippen LogP contribution >= 0.6 is 11.6 Å². The Morgan fingerprint density at radius 3 is 2.74 bits per heavy atom. The summed E-state index contributed by atoms with van der Waals surface area (Å²) < 4.78 is 39.4. The van der Waals surface area contributed by atoms with Gasteiger partial charge in [0.2, 0.25) is 0 Å². The highest BCUT2D eigenvalue weighted by Crippen LogP contribution is 2.25. The van der Waals surface area contributed by atoms with Crippen LogP contribution in [0.1, 0.15) is 5.56 Å². The van der Waals surface area contributed by atoms with E-state index in [1.165, 1.54) is 6.20 Å². The summed E-state index contributed by atoms with van der Waals surface area (Å²) in [6.45, 7) is 1.68. The number of pyridine rings is 2. The van der Waals surface area contributed by atoms with Crippen LogP contribution in [0.4, 0.5) is 10.1 Å². The van der Waals surface area contributed by atoms with Gasteiger partial charge in [-0.05, 0) is 24.6 Å². The van der Waals surface area contributed by atoms with Gasteiger partial charge in [-0.2, -0.15) is 0 Å². The van der Waals surface area contributed by atoms with Crippen molar-refractivity contribution in [2.24, 2.45) is 0 Å². The second-order valence-electron chi connectivity index (χ2n) is 3.74. The van der Waals surface area contributed by atoms with Gasteiger partial charge >= 0.3 is 0 Å². The molecule has 0 fully saturated rings. The smallest absolute Gasteiger partial charge is 0.263 e. The minimum Gasteiger partial charge on any atom is -0.276 e. The molecular weight excluding hydrogens is 293 g/mol. The Balaban J connectivity index is 2.42. The number of hydrogen-bond donors (Lipinski definition) is 1. The molecule has 0 saturated heterocycles. The van der Waals surface area contributed by atoms with E-state index in [-0.39, 0.29) is 15.7 Å². The van der Waals surface area contributed by atoms with Crippen LogP contribution in [0.15, 0.2) is 35.6 Å². The van der Waals surface area contributed by atoms with E-state index < -0.39 is 15.8 Å². The second-order valence-corrected chi connectivity index (χ2v) is 5.78. The number of nitrogens with one attached hydrogen (secondary N) is 1. The van der Waals surface area contributed by atoms with Crippen molar-refractivity contribution in [2.75, 3.05) is 4.72 Å². The standard InChI is InChI=1S/C11H9ClFN3O2S/c1-7-2-3-15-11(12)10(7)16-19(17,18)9-4-8(13)5-14-6-9/h2-6,16H,1H3. The van der Waals surface area contributed by atoms with E-state index in [9.17, 15) is 12.8 Å². The zero-order chi connectivity index (χ0) is 14.0. The fraction of sp³-hybridized carbons (Fsp3) is 0.0909. The van der Waals surface area contributed by atoms with E-state index in [1.54, 1.807) is 13.0 Å². The number of rotatable bonds is 3. The van der Waals surface area contributed by atoms with Gasteiger partial charge in [-0.25, -0.2) is 17.8 Å². The Bertz CT molecular complexity index is 701. The number of sulfonamides is 1. The SMILES string of the molecule is Cc1ccnc(Cl)c1NS(=O)(=O)c1cncc(F)c1. The highest BCUT2D eigenvalue weighted by atomic mass is 35.5. The molecule has 5 nitrogen and oxygen atoms in total. The van der Waals surface area contributed by atoms with E-state index >= 15 is 0 Å². The number of aromatic nitrogens is 2. The molecular formula is C11H9ClFN3O2S. The first-order valence-corrected chi connectivity index (χ1v) is 7.01. The lowest BCUT2D eigenvalue weighted by molar-refractivity contribution is 0.592. The van der Waals surface area contributed by atoms with Crippen molar-refractivity contribution in [1.82, 2.24) is 9.97 Å². The molecule has 100 valence electrons. The van der Waals surface area contributed by atoms with Gasteiger partial charge in [-0.15, -0.1) is 0 Å². The minimum absolute atomic E-state index is 0.0212. The average molecular weight is 302 g/mol. The summed E-state index contributed by atoms with van der Waals surface area (Å²) in [5, 5.41) is 0.0212. The summed E-state index contributed by atoms with van der Waals surface area (Å²) in [5.74, 6) is -0.739. The topological polar surface area (TPSA) is 72.0 Å². The summed E-state index contributed by atoms with van der Waals surface area (Å²) in [6, 6.07) is 2.47. The number of aryl methyl sites for hydroxylation is 1. The van der Waals surface area contributed by atoms with Crippen molar-refractivity contribution in [3.05, 3.63) is 47.3 Å². The molecule has 1 N–H and O–H groups in total. The van der Waals surface area contributed by atoms with Crippen LogP contribution in [-0.2, 0) is 10.0 Å². The molecule has 0 unspecified atom stereocenters. The minimum atomic E-state index is -3.96. The largest absolute Gasteiger partial charge is 0.276 e. The molecule has 2 aromatic heterocycles. The summed E-state index contributed by atoms with van der Waals surface area (Å²) in [4.78, 5) is 6.99. The van der Waals surface area contributed by atoms with Crippen LogP contribution in [0, 0.1) is 12.7 Å². The van der Waals surface area contributed by atoms with E-state index in [1.807, 2.05) is 0 Å². The molecule has 0 spiro atoms. The third kappa shape index (κ3) is 2.99. The maximum Gasteiger partial charge on any atom is 0.263 e.